The van der Waals surface area contributed by atoms with Crippen LogP contribution in [0.4, 0.5) is 13.2 Å². The Morgan fingerprint density at radius 1 is 1.27 bits per heavy atom. The standard InChI is InChI=1S/C22H26F3N3O2/c1-26(21(29)19-8-12-28(30)13-9-19)15-18-5-3-10-27(16-18)11-7-17-4-2-6-20(14-17)22(23,24)25/h2,4,6,8-9,12-14,18H,3,5,7,10-11,15-16H2,1H3/t18-/m0/s1. The zero-order chi connectivity index (χ0) is 21.7. The van der Waals surface area contributed by atoms with E-state index in [1.54, 1.807) is 18.0 Å². The summed E-state index contributed by atoms with van der Waals surface area (Å²) in [5.74, 6) is 0.180. The molecule has 3 rings (SSSR count). The van der Waals surface area contributed by atoms with Crippen molar-refractivity contribution in [2.75, 3.05) is 33.2 Å². The van der Waals surface area contributed by atoms with Gasteiger partial charge in [-0.2, -0.15) is 17.9 Å². The number of halogens is 3. The molecule has 1 saturated heterocycles. The largest absolute Gasteiger partial charge is 0.619 e. The topological polar surface area (TPSA) is 50.5 Å². The Morgan fingerprint density at radius 3 is 2.70 bits per heavy atom. The van der Waals surface area contributed by atoms with Crippen LogP contribution in [0, 0.1) is 11.1 Å². The number of pyridine rings is 1. The average molecular weight is 421 g/mol. The van der Waals surface area contributed by atoms with Crippen LogP contribution in [-0.2, 0) is 12.6 Å². The van der Waals surface area contributed by atoms with E-state index >= 15 is 0 Å². The van der Waals surface area contributed by atoms with E-state index in [0.717, 1.165) is 32.0 Å². The van der Waals surface area contributed by atoms with Gasteiger partial charge in [0.1, 0.15) is 0 Å². The highest BCUT2D eigenvalue weighted by Crippen LogP contribution is 2.29. The highest BCUT2D eigenvalue weighted by molar-refractivity contribution is 5.93. The van der Waals surface area contributed by atoms with E-state index in [1.165, 1.54) is 36.7 Å². The van der Waals surface area contributed by atoms with Gasteiger partial charge < -0.3 is 15.0 Å². The highest BCUT2D eigenvalue weighted by Gasteiger charge is 2.30. The summed E-state index contributed by atoms with van der Waals surface area (Å²) in [5, 5.41) is 11.1. The Morgan fingerprint density at radius 2 is 2.00 bits per heavy atom. The number of hydrogen-bond donors (Lipinski definition) is 0. The molecule has 8 heteroatoms. The van der Waals surface area contributed by atoms with Crippen LogP contribution in [0.1, 0.15) is 34.3 Å². The predicted octanol–water partition coefficient (Wildman–Crippen LogP) is 3.37. The van der Waals surface area contributed by atoms with Gasteiger partial charge in [0.15, 0.2) is 12.4 Å². The molecule has 1 aromatic carbocycles. The second-order valence-corrected chi connectivity index (χ2v) is 7.89. The second-order valence-electron chi connectivity index (χ2n) is 7.89. The molecule has 0 spiro atoms. The number of nitrogens with zero attached hydrogens (tertiary/aromatic N) is 3. The zero-order valence-corrected chi connectivity index (χ0v) is 16.9. The lowest BCUT2D eigenvalue weighted by Gasteiger charge is -2.34. The molecule has 0 saturated carbocycles. The number of rotatable bonds is 6. The van der Waals surface area contributed by atoms with Crippen LogP contribution in [0.5, 0.6) is 0 Å². The van der Waals surface area contributed by atoms with Crippen LogP contribution in [0.25, 0.3) is 0 Å². The minimum atomic E-state index is -4.32. The van der Waals surface area contributed by atoms with Crippen molar-refractivity contribution in [1.29, 1.82) is 0 Å². The molecule has 2 heterocycles. The predicted molar refractivity (Wildman–Crippen MR) is 107 cm³/mol. The van der Waals surface area contributed by atoms with Crippen LogP contribution in [0.2, 0.25) is 0 Å². The first kappa shape index (κ1) is 22.1. The third-order valence-electron chi connectivity index (χ3n) is 5.50. The highest BCUT2D eigenvalue weighted by atomic mass is 19.4. The van der Waals surface area contributed by atoms with Crippen molar-refractivity contribution in [3.63, 3.8) is 0 Å². The minimum absolute atomic E-state index is 0.128. The van der Waals surface area contributed by atoms with Crippen molar-refractivity contribution in [2.24, 2.45) is 5.92 Å². The zero-order valence-electron chi connectivity index (χ0n) is 16.9. The molecule has 0 radical (unpaired) electrons. The van der Waals surface area contributed by atoms with E-state index in [2.05, 4.69) is 4.90 Å². The monoisotopic (exact) mass is 421 g/mol. The molecule has 5 nitrogen and oxygen atoms in total. The van der Waals surface area contributed by atoms with Gasteiger partial charge in [0, 0.05) is 38.8 Å². The number of benzene rings is 1. The maximum atomic E-state index is 12.9. The Hall–Kier alpha value is -2.61. The second kappa shape index (κ2) is 9.47. The van der Waals surface area contributed by atoms with Gasteiger partial charge in [-0.05, 0) is 43.4 Å². The van der Waals surface area contributed by atoms with Gasteiger partial charge in [-0.25, -0.2) is 0 Å². The van der Waals surface area contributed by atoms with Crippen molar-refractivity contribution < 1.29 is 22.7 Å². The first-order valence-electron chi connectivity index (χ1n) is 10.0. The van der Waals surface area contributed by atoms with Crippen molar-refractivity contribution >= 4 is 5.91 Å². The normalized spacial score (nSPS) is 17.7. The maximum Gasteiger partial charge on any atom is 0.416 e. The number of piperidine rings is 1. The minimum Gasteiger partial charge on any atom is -0.619 e. The summed E-state index contributed by atoms with van der Waals surface area (Å²) in [6.07, 6.45) is 0.846. The van der Waals surface area contributed by atoms with E-state index < -0.39 is 11.7 Å². The molecule has 30 heavy (non-hydrogen) atoms. The van der Waals surface area contributed by atoms with Gasteiger partial charge in [0.05, 0.1) is 11.1 Å². The number of likely N-dealkylation sites (tertiary alicyclic amines) is 1. The van der Waals surface area contributed by atoms with Gasteiger partial charge >= 0.3 is 6.18 Å². The molecular weight excluding hydrogens is 395 g/mol. The fourth-order valence-corrected chi connectivity index (χ4v) is 3.94. The van der Waals surface area contributed by atoms with Crippen LogP contribution in [0.3, 0.4) is 0 Å². The fraction of sp³-hybridized carbons (Fsp3) is 0.455. The molecule has 2 aromatic rings. The lowest BCUT2D eigenvalue weighted by molar-refractivity contribution is -0.605. The van der Waals surface area contributed by atoms with Crippen LogP contribution < -0.4 is 4.73 Å². The van der Waals surface area contributed by atoms with E-state index in [0.29, 0.717) is 41.3 Å². The van der Waals surface area contributed by atoms with Gasteiger partial charge in [-0.3, -0.25) is 4.79 Å². The molecule has 1 aromatic heterocycles. The lowest BCUT2D eigenvalue weighted by atomic mass is 9.96. The van der Waals surface area contributed by atoms with Crippen LogP contribution >= 0.6 is 0 Å². The van der Waals surface area contributed by atoms with Crippen LogP contribution in [-0.4, -0.2) is 48.9 Å². The maximum absolute atomic E-state index is 12.9. The first-order valence-corrected chi connectivity index (χ1v) is 10.0. The molecule has 162 valence electrons. The Bertz CT molecular complexity index is 855. The molecule has 0 N–H and O–H groups in total. The Kier molecular flexibility index (Phi) is 6.97. The summed E-state index contributed by atoms with van der Waals surface area (Å²) in [7, 11) is 1.75. The Balaban J connectivity index is 1.51. The SMILES string of the molecule is CN(C[C@@H]1CCCN(CCc2cccc(C(F)(F)F)c2)C1)C(=O)c1cc[n+]([O-])cc1. The third-order valence-corrected chi connectivity index (χ3v) is 5.50. The Labute approximate surface area is 174 Å². The van der Waals surface area contributed by atoms with Crippen molar-refractivity contribution in [3.8, 4) is 0 Å². The van der Waals surface area contributed by atoms with Crippen molar-refractivity contribution in [3.05, 3.63) is 70.7 Å². The molecule has 1 aliphatic rings. The summed E-state index contributed by atoms with van der Waals surface area (Å²) in [4.78, 5) is 16.5. The van der Waals surface area contributed by atoms with E-state index in [4.69, 9.17) is 0 Å². The average Bonchev–Trinajstić information content (AvgIpc) is 2.72. The summed E-state index contributed by atoms with van der Waals surface area (Å²) in [6, 6.07) is 8.52. The number of hydrogen-bond acceptors (Lipinski definition) is 3. The number of carbonyl (C=O) groups is 1. The number of carbonyl (C=O) groups excluding carboxylic acids is 1. The van der Waals surface area contributed by atoms with Crippen molar-refractivity contribution in [2.45, 2.75) is 25.4 Å². The molecule has 1 atom stereocenters. The van der Waals surface area contributed by atoms with Crippen molar-refractivity contribution in [1.82, 2.24) is 9.80 Å². The van der Waals surface area contributed by atoms with Gasteiger partial charge in [-0.15, -0.1) is 0 Å². The number of amides is 1. The molecule has 1 aliphatic heterocycles. The summed E-state index contributed by atoms with van der Waals surface area (Å²) < 4.78 is 39.3. The lowest BCUT2D eigenvalue weighted by Crippen LogP contribution is -2.42. The summed E-state index contributed by atoms with van der Waals surface area (Å²) >= 11 is 0. The molecule has 1 amide bonds. The molecule has 0 aliphatic carbocycles. The van der Waals surface area contributed by atoms with Gasteiger partial charge in [0.25, 0.3) is 5.91 Å². The third kappa shape index (κ3) is 5.95. The van der Waals surface area contributed by atoms with E-state index in [1.807, 2.05) is 0 Å². The molecule has 1 fully saturated rings. The van der Waals surface area contributed by atoms with Gasteiger partial charge in [-0.1, -0.05) is 18.2 Å². The first-order chi connectivity index (χ1) is 14.2. The molecule has 0 unspecified atom stereocenters. The van der Waals surface area contributed by atoms with E-state index in [9.17, 15) is 23.2 Å². The fourth-order valence-electron chi connectivity index (χ4n) is 3.94. The van der Waals surface area contributed by atoms with Crippen LogP contribution in [0.15, 0.2) is 48.8 Å². The number of alkyl halides is 3. The smallest absolute Gasteiger partial charge is 0.416 e. The molecule has 0 bridgehead atoms. The molecular formula is C22H26F3N3O2. The number of aromatic nitrogens is 1. The quantitative estimate of drug-likeness (QED) is 0.531. The summed E-state index contributed by atoms with van der Waals surface area (Å²) in [5.41, 5.74) is 0.542. The summed E-state index contributed by atoms with van der Waals surface area (Å²) in [6.45, 7) is 3.02. The van der Waals surface area contributed by atoms with Gasteiger partial charge in [0.2, 0.25) is 0 Å². The van der Waals surface area contributed by atoms with E-state index in [-0.39, 0.29) is 5.91 Å².